The van der Waals surface area contributed by atoms with Gasteiger partial charge in [-0.15, -0.1) is 5.10 Å². The fourth-order valence-corrected chi connectivity index (χ4v) is 1.64. The molecule has 0 aliphatic rings. The zero-order valence-corrected chi connectivity index (χ0v) is 11.0. The van der Waals surface area contributed by atoms with Crippen LogP contribution < -0.4 is 5.32 Å². The summed E-state index contributed by atoms with van der Waals surface area (Å²) >= 11 is 11.6. The Bertz CT molecular complexity index is 661. The van der Waals surface area contributed by atoms with Crippen molar-refractivity contribution in [2.24, 2.45) is 0 Å². The third-order valence-electron chi connectivity index (χ3n) is 2.15. The van der Waals surface area contributed by atoms with E-state index in [1.165, 1.54) is 11.0 Å². The molecular weight excluding hydrogens is 289 g/mol. The SMILES string of the molecule is N#Cc1ncn(CC(=O)Nc2ccc(Cl)c(Cl)c2)n1. The van der Waals surface area contributed by atoms with Crippen LogP contribution in [-0.2, 0) is 11.3 Å². The summed E-state index contributed by atoms with van der Waals surface area (Å²) in [4.78, 5) is 15.4. The molecule has 2 rings (SSSR count). The van der Waals surface area contributed by atoms with E-state index < -0.39 is 0 Å². The maximum atomic E-state index is 11.7. The van der Waals surface area contributed by atoms with E-state index in [2.05, 4.69) is 15.4 Å². The quantitative estimate of drug-likeness (QED) is 0.940. The van der Waals surface area contributed by atoms with Gasteiger partial charge in [-0.3, -0.25) is 4.79 Å². The molecule has 1 amide bonds. The van der Waals surface area contributed by atoms with Crippen molar-refractivity contribution < 1.29 is 4.79 Å². The minimum absolute atomic E-state index is 0.0161. The molecular formula is C11H7Cl2N5O. The second-order valence-corrected chi connectivity index (χ2v) is 4.37. The van der Waals surface area contributed by atoms with Crippen molar-refractivity contribution in [1.29, 1.82) is 5.26 Å². The normalized spacial score (nSPS) is 9.95. The standard InChI is InChI=1S/C11H7Cl2N5O/c12-8-2-1-7(3-9(8)13)16-11(19)5-18-6-15-10(4-14)17-18/h1-3,6H,5H2,(H,16,19). The summed E-state index contributed by atoms with van der Waals surface area (Å²) in [6.07, 6.45) is 1.31. The Morgan fingerprint density at radius 3 is 2.84 bits per heavy atom. The van der Waals surface area contributed by atoms with Gasteiger partial charge in [0.15, 0.2) is 0 Å². The van der Waals surface area contributed by atoms with E-state index in [-0.39, 0.29) is 18.3 Å². The molecule has 2 aromatic rings. The Morgan fingerprint density at radius 2 is 2.21 bits per heavy atom. The van der Waals surface area contributed by atoms with E-state index in [1.54, 1.807) is 24.3 Å². The van der Waals surface area contributed by atoms with Crippen LogP contribution in [0.2, 0.25) is 10.0 Å². The number of nitrogens with one attached hydrogen (secondary N) is 1. The first kappa shape index (κ1) is 13.3. The zero-order valence-electron chi connectivity index (χ0n) is 9.47. The Kier molecular flexibility index (Phi) is 4.00. The van der Waals surface area contributed by atoms with Crippen LogP contribution >= 0.6 is 23.2 Å². The smallest absolute Gasteiger partial charge is 0.252 e. The van der Waals surface area contributed by atoms with Crippen molar-refractivity contribution in [1.82, 2.24) is 14.8 Å². The minimum Gasteiger partial charge on any atom is -0.324 e. The predicted octanol–water partition coefficient (Wildman–Crippen LogP) is 2.10. The molecule has 0 saturated carbocycles. The van der Waals surface area contributed by atoms with Gasteiger partial charge in [0.25, 0.3) is 5.82 Å². The van der Waals surface area contributed by atoms with Gasteiger partial charge in [0.05, 0.1) is 10.0 Å². The van der Waals surface area contributed by atoms with Gasteiger partial charge in [0, 0.05) is 5.69 Å². The third kappa shape index (κ3) is 3.44. The number of halogens is 2. The second-order valence-electron chi connectivity index (χ2n) is 3.55. The lowest BCUT2D eigenvalue weighted by molar-refractivity contribution is -0.116. The van der Waals surface area contributed by atoms with Crippen LogP contribution in [0.4, 0.5) is 5.69 Å². The van der Waals surface area contributed by atoms with Crippen LogP contribution in [0.1, 0.15) is 5.82 Å². The first-order valence-electron chi connectivity index (χ1n) is 5.13. The van der Waals surface area contributed by atoms with Gasteiger partial charge in [-0.1, -0.05) is 23.2 Å². The van der Waals surface area contributed by atoms with Crippen LogP contribution in [0.3, 0.4) is 0 Å². The van der Waals surface area contributed by atoms with Gasteiger partial charge in [-0.05, 0) is 18.2 Å². The highest BCUT2D eigenvalue weighted by atomic mass is 35.5. The third-order valence-corrected chi connectivity index (χ3v) is 2.88. The van der Waals surface area contributed by atoms with Crippen molar-refractivity contribution in [2.45, 2.75) is 6.54 Å². The minimum atomic E-state index is -0.312. The fourth-order valence-electron chi connectivity index (χ4n) is 1.34. The molecule has 0 saturated heterocycles. The molecule has 0 unspecified atom stereocenters. The zero-order chi connectivity index (χ0) is 13.8. The first-order chi connectivity index (χ1) is 9.08. The molecule has 0 aliphatic heterocycles. The monoisotopic (exact) mass is 295 g/mol. The van der Waals surface area contributed by atoms with E-state index in [9.17, 15) is 4.79 Å². The lowest BCUT2D eigenvalue weighted by Crippen LogP contribution is -2.19. The highest BCUT2D eigenvalue weighted by Crippen LogP contribution is 2.24. The summed E-state index contributed by atoms with van der Waals surface area (Å²) in [5.41, 5.74) is 0.528. The van der Waals surface area contributed by atoms with Gasteiger partial charge < -0.3 is 5.32 Å². The molecule has 0 atom stereocenters. The maximum absolute atomic E-state index is 11.7. The molecule has 96 valence electrons. The first-order valence-corrected chi connectivity index (χ1v) is 5.88. The van der Waals surface area contributed by atoms with Crippen LogP contribution in [0.5, 0.6) is 0 Å². The predicted molar refractivity (Wildman–Crippen MR) is 69.8 cm³/mol. The lowest BCUT2D eigenvalue weighted by Gasteiger charge is -2.06. The van der Waals surface area contributed by atoms with Crippen LogP contribution in [0.15, 0.2) is 24.5 Å². The van der Waals surface area contributed by atoms with E-state index in [1.807, 2.05) is 0 Å². The number of carbonyl (C=O) groups excluding carboxylic acids is 1. The Hall–Kier alpha value is -2.10. The Labute approximate surface area is 118 Å². The molecule has 1 heterocycles. The van der Waals surface area contributed by atoms with Crippen LogP contribution in [0, 0.1) is 11.3 Å². The molecule has 0 radical (unpaired) electrons. The molecule has 0 bridgehead atoms. The summed E-state index contributed by atoms with van der Waals surface area (Å²) in [5.74, 6) is -0.296. The Balaban J connectivity index is 2.01. The summed E-state index contributed by atoms with van der Waals surface area (Å²) in [7, 11) is 0. The second kappa shape index (κ2) is 5.69. The number of anilines is 1. The number of carbonyl (C=O) groups is 1. The summed E-state index contributed by atoms with van der Waals surface area (Å²) in [5, 5.41) is 15.7. The summed E-state index contributed by atoms with van der Waals surface area (Å²) in [6, 6.07) is 6.54. The average Bonchev–Trinajstić information content (AvgIpc) is 2.81. The summed E-state index contributed by atoms with van der Waals surface area (Å²) in [6.45, 7) is -0.0467. The molecule has 6 nitrogen and oxygen atoms in total. The van der Waals surface area contributed by atoms with Crippen LogP contribution in [-0.4, -0.2) is 20.7 Å². The van der Waals surface area contributed by atoms with E-state index in [0.29, 0.717) is 15.7 Å². The maximum Gasteiger partial charge on any atom is 0.252 e. The fraction of sp³-hybridized carbons (Fsp3) is 0.0909. The van der Waals surface area contributed by atoms with E-state index >= 15 is 0 Å². The molecule has 19 heavy (non-hydrogen) atoms. The van der Waals surface area contributed by atoms with Crippen molar-refractivity contribution in [3.63, 3.8) is 0 Å². The molecule has 8 heteroatoms. The van der Waals surface area contributed by atoms with Gasteiger partial charge in [-0.2, -0.15) is 5.26 Å². The number of hydrogen-bond acceptors (Lipinski definition) is 4. The number of benzene rings is 1. The molecule has 0 fully saturated rings. The number of rotatable bonds is 3. The number of nitrogens with zero attached hydrogens (tertiary/aromatic N) is 4. The molecule has 1 N–H and O–H groups in total. The summed E-state index contributed by atoms with van der Waals surface area (Å²) < 4.78 is 1.27. The van der Waals surface area contributed by atoms with Crippen molar-refractivity contribution >= 4 is 34.8 Å². The largest absolute Gasteiger partial charge is 0.324 e. The van der Waals surface area contributed by atoms with Gasteiger partial charge in [0.2, 0.25) is 5.91 Å². The number of aromatic nitrogens is 3. The molecule has 0 spiro atoms. The number of hydrogen-bond donors (Lipinski definition) is 1. The van der Waals surface area contributed by atoms with Crippen molar-refractivity contribution in [2.75, 3.05) is 5.32 Å². The van der Waals surface area contributed by atoms with Gasteiger partial charge in [-0.25, -0.2) is 9.67 Å². The van der Waals surface area contributed by atoms with Gasteiger partial charge in [0.1, 0.15) is 18.9 Å². The molecule has 0 aliphatic carbocycles. The molecule has 1 aromatic heterocycles. The highest BCUT2D eigenvalue weighted by Gasteiger charge is 2.07. The lowest BCUT2D eigenvalue weighted by atomic mass is 10.3. The number of amides is 1. The van der Waals surface area contributed by atoms with Gasteiger partial charge >= 0.3 is 0 Å². The molecule has 1 aromatic carbocycles. The number of nitriles is 1. The highest BCUT2D eigenvalue weighted by molar-refractivity contribution is 6.42. The van der Waals surface area contributed by atoms with Crippen molar-refractivity contribution in [3.05, 3.63) is 40.4 Å². The average molecular weight is 296 g/mol. The van der Waals surface area contributed by atoms with E-state index in [4.69, 9.17) is 28.5 Å². The van der Waals surface area contributed by atoms with Crippen LogP contribution in [0.25, 0.3) is 0 Å². The topological polar surface area (TPSA) is 83.6 Å². The Morgan fingerprint density at radius 1 is 1.42 bits per heavy atom. The van der Waals surface area contributed by atoms with E-state index in [0.717, 1.165) is 0 Å². The van der Waals surface area contributed by atoms with Crippen molar-refractivity contribution in [3.8, 4) is 6.07 Å².